The van der Waals surface area contributed by atoms with Crippen LogP contribution in [0.15, 0.2) is 35.5 Å². The lowest BCUT2D eigenvalue weighted by Crippen LogP contribution is -2.49. The van der Waals surface area contributed by atoms with Crippen molar-refractivity contribution in [2.24, 2.45) is 0 Å². The maximum atomic E-state index is 12.6. The summed E-state index contributed by atoms with van der Waals surface area (Å²) in [4.78, 5) is 27.1. The number of urea groups is 1. The van der Waals surface area contributed by atoms with E-state index in [1.165, 1.54) is 7.11 Å². The van der Waals surface area contributed by atoms with E-state index >= 15 is 0 Å². The van der Waals surface area contributed by atoms with E-state index in [0.29, 0.717) is 48.9 Å². The van der Waals surface area contributed by atoms with E-state index in [1.54, 1.807) is 0 Å². The zero-order chi connectivity index (χ0) is 19.2. The normalized spacial score (nSPS) is 20.7. The summed E-state index contributed by atoms with van der Waals surface area (Å²) in [6.45, 7) is 5.54. The number of methoxy groups -OCH3 is 1. The molecule has 8 nitrogen and oxygen atoms in total. The molecule has 2 heterocycles. The zero-order valence-electron chi connectivity index (χ0n) is 15.6. The number of ether oxygens (including phenoxy) is 3. The van der Waals surface area contributed by atoms with Gasteiger partial charge in [0, 0.05) is 30.9 Å². The fraction of sp³-hybridized carbons (Fsp3) is 0.474. The molecule has 27 heavy (non-hydrogen) atoms. The molecule has 1 fully saturated rings. The smallest absolute Gasteiger partial charge is 0.338 e. The summed E-state index contributed by atoms with van der Waals surface area (Å²) in [6, 6.07) is 6.36. The van der Waals surface area contributed by atoms with Gasteiger partial charge in [0.05, 0.1) is 38.5 Å². The lowest BCUT2D eigenvalue weighted by Gasteiger charge is -2.33. The molecule has 2 aliphatic rings. The van der Waals surface area contributed by atoms with Gasteiger partial charge in [-0.05, 0) is 13.0 Å². The van der Waals surface area contributed by atoms with Crippen molar-refractivity contribution in [3.8, 4) is 5.75 Å². The Morgan fingerprint density at radius 1 is 1.30 bits per heavy atom. The Morgan fingerprint density at radius 2 is 2.04 bits per heavy atom. The van der Waals surface area contributed by atoms with Crippen molar-refractivity contribution in [1.82, 2.24) is 15.5 Å². The third-order valence-corrected chi connectivity index (χ3v) is 4.57. The van der Waals surface area contributed by atoms with Gasteiger partial charge < -0.3 is 24.8 Å². The minimum absolute atomic E-state index is 0.359. The van der Waals surface area contributed by atoms with E-state index in [2.05, 4.69) is 15.5 Å². The molecule has 1 unspecified atom stereocenters. The van der Waals surface area contributed by atoms with Gasteiger partial charge in [0.2, 0.25) is 0 Å². The molecule has 2 aliphatic heterocycles. The number of para-hydroxylation sites is 1. The van der Waals surface area contributed by atoms with Crippen LogP contribution in [0.4, 0.5) is 4.79 Å². The molecular formula is C19H25N3O5. The average molecular weight is 375 g/mol. The number of nitrogens with one attached hydrogen (secondary N) is 2. The molecule has 0 radical (unpaired) electrons. The fourth-order valence-corrected chi connectivity index (χ4v) is 3.32. The fourth-order valence-electron chi connectivity index (χ4n) is 3.32. The molecule has 0 saturated carbocycles. The second kappa shape index (κ2) is 8.88. The maximum Gasteiger partial charge on any atom is 0.338 e. The highest BCUT2D eigenvalue weighted by Gasteiger charge is 2.35. The van der Waals surface area contributed by atoms with E-state index in [1.807, 2.05) is 31.2 Å². The summed E-state index contributed by atoms with van der Waals surface area (Å²) < 4.78 is 16.1. The number of carbonyl (C=O) groups excluding carboxylic acids is 2. The quantitative estimate of drug-likeness (QED) is 0.727. The van der Waals surface area contributed by atoms with E-state index in [4.69, 9.17) is 14.2 Å². The Kier molecular flexibility index (Phi) is 6.31. The SMILES string of the molecule is CCOc1ccccc1C1NC(=O)NC(CN2CCOCC2)=C1C(=O)OC. The number of rotatable bonds is 6. The Hall–Kier alpha value is -2.58. The van der Waals surface area contributed by atoms with Gasteiger partial charge in [-0.1, -0.05) is 18.2 Å². The highest BCUT2D eigenvalue weighted by molar-refractivity contribution is 5.95. The Morgan fingerprint density at radius 3 is 2.74 bits per heavy atom. The van der Waals surface area contributed by atoms with Crippen molar-refractivity contribution in [2.45, 2.75) is 13.0 Å². The first kappa shape index (κ1) is 19.2. The van der Waals surface area contributed by atoms with Crippen LogP contribution in [0.3, 0.4) is 0 Å². The summed E-state index contributed by atoms with van der Waals surface area (Å²) in [5.74, 6) is 0.140. The molecule has 2 amide bonds. The predicted molar refractivity (Wildman–Crippen MR) is 98.3 cm³/mol. The molecule has 146 valence electrons. The molecule has 1 atom stereocenters. The second-order valence-electron chi connectivity index (χ2n) is 6.27. The summed E-state index contributed by atoms with van der Waals surface area (Å²) in [7, 11) is 1.34. The number of hydrogen-bond donors (Lipinski definition) is 2. The first-order valence-electron chi connectivity index (χ1n) is 9.04. The van der Waals surface area contributed by atoms with Crippen molar-refractivity contribution in [3.05, 3.63) is 41.1 Å². The standard InChI is InChI=1S/C19H25N3O5/c1-3-27-15-7-5-4-6-13(15)17-16(18(23)25-2)14(20-19(24)21-17)12-22-8-10-26-11-9-22/h4-7,17H,3,8-12H2,1-2H3,(H2,20,21,24). The van der Waals surface area contributed by atoms with Gasteiger partial charge in [-0.15, -0.1) is 0 Å². The van der Waals surface area contributed by atoms with E-state index in [-0.39, 0.29) is 6.03 Å². The molecule has 1 saturated heterocycles. The van der Waals surface area contributed by atoms with E-state index < -0.39 is 12.0 Å². The van der Waals surface area contributed by atoms with Crippen LogP contribution in [0.5, 0.6) is 5.75 Å². The molecule has 0 spiro atoms. The van der Waals surface area contributed by atoms with Crippen molar-refractivity contribution in [2.75, 3.05) is 46.6 Å². The first-order valence-corrected chi connectivity index (χ1v) is 9.04. The highest BCUT2D eigenvalue weighted by atomic mass is 16.5. The summed E-state index contributed by atoms with van der Waals surface area (Å²) in [6.07, 6.45) is 0. The van der Waals surface area contributed by atoms with Crippen LogP contribution in [-0.4, -0.2) is 63.5 Å². The van der Waals surface area contributed by atoms with Gasteiger partial charge in [0.25, 0.3) is 0 Å². The zero-order valence-corrected chi connectivity index (χ0v) is 15.6. The van der Waals surface area contributed by atoms with Gasteiger partial charge in [-0.3, -0.25) is 4.90 Å². The monoisotopic (exact) mass is 375 g/mol. The van der Waals surface area contributed by atoms with Crippen LogP contribution in [0.25, 0.3) is 0 Å². The number of nitrogens with zero attached hydrogens (tertiary/aromatic N) is 1. The molecule has 8 heteroatoms. The number of hydrogen-bond acceptors (Lipinski definition) is 6. The largest absolute Gasteiger partial charge is 0.494 e. The molecule has 0 bridgehead atoms. The van der Waals surface area contributed by atoms with Crippen molar-refractivity contribution in [3.63, 3.8) is 0 Å². The number of carbonyl (C=O) groups is 2. The Bertz CT molecular complexity index is 728. The lowest BCUT2D eigenvalue weighted by molar-refractivity contribution is -0.136. The van der Waals surface area contributed by atoms with Crippen LogP contribution in [0.1, 0.15) is 18.5 Å². The average Bonchev–Trinajstić information content (AvgIpc) is 2.68. The van der Waals surface area contributed by atoms with Gasteiger partial charge >= 0.3 is 12.0 Å². The predicted octanol–water partition coefficient (Wildman–Crippen LogP) is 1.20. The lowest BCUT2D eigenvalue weighted by atomic mass is 9.94. The topological polar surface area (TPSA) is 89.1 Å². The van der Waals surface area contributed by atoms with Gasteiger partial charge in [-0.25, -0.2) is 9.59 Å². The second-order valence-corrected chi connectivity index (χ2v) is 6.27. The molecule has 3 rings (SSSR count). The molecule has 2 N–H and O–H groups in total. The summed E-state index contributed by atoms with van der Waals surface area (Å²) in [5.41, 5.74) is 1.65. The van der Waals surface area contributed by atoms with Gasteiger partial charge in [0.1, 0.15) is 5.75 Å². The van der Waals surface area contributed by atoms with Crippen molar-refractivity contribution >= 4 is 12.0 Å². The third-order valence-electron chi connectivity index (χ3n) is 4.57. The summed E-state index contributed by atoms with van der Waals surface area (Å²) >= 11 is 0. The van der Waals surface area contributed by atoms with Crippen LogP contribution in [0.2, 0.25) is 0 Å². The maximum absolute atomic E-state index is 12.6. The number of esters is 1. The first-order chi connectivity index (χ1) is 13.1. The minimum Gasteiger partial charge on any atom is -0.494 e. The third kappa shape index (κ3) is 4.40. The van der Waals surface area contributed by atoms with E-state index in [9.17, 15) is 9.59 Å². The molecule has 0 aromatic heterocycles. The van der Waals surface area contributed by atoms with Crippen molar-refractivity contribution < 1.29 is 23.8 Å². The Balaban J connectivity index is 2.01. The molecule has 0 aliphatic carbocycles. The van der Waals surface area contributed by atoms with Crippen LogP contribution in [0, 0.1) is 0 Å². The van der Waals surface area contributed by atoms with E-state index in [0.717, 1.165) is 13.1 Å². The minimum atomic E-state index is -0.648. The highest BCUT2D eigenvalue weighted by Crippen LogP contribution is 2.33. The van der Waals surface area contributed by atoms with Crippen molar-refractivity contribution in [1.29, 1.82) is 0 Å². The van der Waals surface area contributed by atoms with Crippen LogP contribution in [-0.2, 0) is 14.3 Å². The van der Waals surface area contributed by atoms with Crippen LogP contribution >= 0.6 is 0 Å². The van der Waals surface area contributed by atoms with Gasteiger partial charge in [-0.2, -0.15) is 0 Å². The summed E-state index contributed by atoms with van der Waals surface area (Å²) in [5, 5.41) is 5.62. The number of amides is 2. The number of benzene rings is 1. The Labute approximate surface area is 158 Å². The molecular weight excluding hydrogens is 350 g/mol. The number of morpholine rings is 1. The van der Waals surface area contributed by atoms with Gasteiger partial charge in [0.15, 0.2) is 0 Å². The van der Waals surface area contributed by atoms with Crippen LogP contribution < -0.4 is 15.4 Å². The molecule has 1 aromatic rings. The molecule has 1 aromatic carbocycles.